The first-order valence-corrected chi connectivity index (χ1v) is 12.2. The summed E-state index contributed by atoms with van der Waals surface area (Å²) in [4.78, 5) is 13.5. The van der Waals surface area contributed by atoms with E-state index in [0.717, 1.165) is 23.1 Å². The Morgan fingerprint density at radius 2 is 1.50 bits per heavy atom. The smallest absolute Gasteiger partial charge is 0.242 e. The molecule has 1 amide bonds. The molecular weight excluding hydrogens is 420 g/mol. The maximum absolute atomic E-state index is 13.4. The molecule has 3 rings (SSSR count). The number of nitrogens with one attached hydrogen (secondary N) is 2. The fourth-order valence-electron chi connectivity index (χ4n) is 4.04. The van der Waals surface area contributed by atoms with Crippen LogP contribution in [0.2, 0.25) is 0 Å². The Balaban J connectivity index is 1.95. The van der Waals surface area contributed by atoms with Crippen LogP contribution in [0.25, 0.3) is 0 Å². The first-order valence-electron chi connectivity index (χ1n) is 10.7. The van der Waals surface area contributed by atoms with Crippen LogP contribution in [0.1, 0.15) is 34.7 Å². The van der Waals surface area contributed by atoms with Crippen molar-refractivity contribution < 1.29 is 13.2 Å². The van der Waals surface area contributed by atoms with Gasteiger partial charge in [0, 0.05) is 5.69 Å². The second-order valence-corrected chi connectivity index (χ2v) is 9.74. The van der Waals surface area contributed by atoms with Crippen molar-refractivity contribution >= 4 is 21.6 Å². The van der Waals surface area contributed by atoms with Crippen LogP contribution in [0.3, 0.4) is 0 Å². The van der Waals surface area contributed by atoms with E-state index in [1.807, 2.05) is 80.6 Å². The molecule has 2 N–H and O–H groups in total. The summed E-state index contributed by atoms with van der Waals surface area (Å²) in [5.74, 6) is -0.388. The normalized spacial score (nSPS) is 12.4. The van der Waals surface area contributed by atoms with E-state index in [1.54, 1.807) is 13.8 Å². The topological polar surface area (TPSA) is 75.3 Å². The zero-order valence-electron chi connectivity index (χ0n) is 19.0. The molecule has 0 radical (unpaired) electrons. The highest BCUT2D eigenvalue weighted by Gasteiger charge is 2.28. The third-order valence-corrected chi connectivity index (χ3v) is 7.20. The zero-order chi connectivity index (χ0) is 23.3. The van der Waals surface area contributed by atoms with Crippen LogP contribution in [0.4, 0.5) is 5.69 Å². The van der Waals surface area contributed by atoms with E-state index in [0.29, 0.717) is 16.8 Å². The summed E-state index contributed by atoms with van der Waals surface area (Å²) >= 11 is 0. The monoisotopic (exact) mass is 450 g/mol. The van der Waals surface area contributed by atoms with Crippen molar-refractivity contribution in [3.63, 3.8) is 0 Å². The van der Waals surface area contributed by atoms with Gasteiger partial charge in [0.2, 0.25) is 15.9 Å². The van der Waals surface area contributed by atoms with Gasteiger partial charge in [0.25, 0.3) is 0 Å². The average molecular weight is 451 g/mol. The van der Waals surface area contributed by atoms with Gasteiger partial charge in [-0.25, -0.2) is 8.42 Å². The number of carbonyl (C=O) groups is 1. The molecule has 6 heteroatoms. The van der Waals surface area contributed by atoms with E-state index in [9.17, 15) is 13.2 Å². The molecule has 0 aliphatic heterocycles. The van der Waals surface area contributed by atoms with Gasteiger partial charge in [0.1, 0.15) is 6.04 Å². The van der Waals surface area contributed by atoms with Crippen molar-refractivity contribution in [2.24, 2.45) is 0 Å². The lowest BCUT2D eigenvalue weighted by molar-refractivity contribution is -0.117. The number of aryl methyl sites for hydroxylation is 4. The van der Waals surface area contributed by atoms with Gasteiger partial charge in [-0.15, -0.1) is 0 Å². The van der Waals surface area contributed by atoms with Gasteiger partial charge < -0.3 is 5.32 Å². The van der Waals surface area contributed by atoms with Crippen LogP contribution >= 0.6 is 0 Å². The number of amides is 1. The van der Waals surface area contributed by atoms with Crippen molar-refractivity contribution in [1.29, 1.82) is 0 Å². The van der Waals surface area contributed by atoms with E-state index >= 15 is 0 Å². The molecule has 0 aromatic heterocycles. The van der Waals surface area contributed by atoms with Crippen molar-refractivity contribution in [1.82, 2.24) is 4.72 Å². The second-order valence-electron chi connectivity index (χ2n) is 8.09. The molecule has 168 valence electrons. The van der Waals surface area contributed by atoms with Crippen molar-refractivity contribution in [3.8, 4) is 0 Å². The minimum atomic E-state index is -3.92. The molecule has 0 fully saturated rings. The lowest BCUT2D eigenvalue weighted by Gasteiger charge is -2.21. The van der Waals surface area contributed by atoms with Crippen molar-refractivity contribution in [3.05, 3.63) is 94.5 Å². The van der Waals surface area contributed by atoms with Gasteiger partial charge in [-0.05, 0) is 61.9 Å². The molecule has 0 spiro atoms. The number of sulfonamides is 1. The Bertz CT molecular complexity index is 1180. The predicted molar refractivity (Wildman–Crippen MR) is 129 cm³/mol. The third-order valence-electron chi connectivity index (χ3n) is 5.43. The first kappa shape index (κ1) is 23.7. The Labute approximate surface area is 190 Å². The zero-order valence-corrected chi connectivity index (χ0v) is 19.8. The fourth-order valence-corrected chi connectivity index (χ4v) is 5.69. The Morgan fingerprint density at radius 1 is 0.906 bits per heavy atom. The predicted octanol–water partition coefficient (Wildman–Crippen LogP) is 4.70. The molecule has 0 saturated heterocycles. The lowest BCUT2D eigenvalue weighted by Crippen LogP contribution is -2.45. The number of hydrogen-bond donors (Lipinski definition) is 2. The van der Waals surface area contributed by atoms with E-state index in [4.69, 9.17) is 0 Å². The van der Waals surface area contributed by atoms with E-state index in [2.05, 4.69) is 10.0 Å². The number of para-hydroxylation sites is 1. The second kappa shape index (κ2) is 10.1. The van der Waals surface area contributed by atoms with Crippen LogP contribution in [0.5, 0.6) is 0 Å². The highest BCUT2D eigenvalue weighted by atomic mass is 32.2. The number of carbonyl (C=O) groups excluding carboxylic acids is 1. The van der Waals surface area contributed by atoms with Crippen LogP contribution in [-0.2, 0) is 27.7 Å². The van der Waals surface area contributed by atoms with Crippen LogP contribution in [0, 0.1) is 20.8 Å². The Morgan fingerprint density at radius 3 is 2.12 bits per heavy atom. The summed E-state index contributed by atoms with van der Waals surface area (Å²) in [7, 11) is -3.92. The van der Waals surface area contributed by atoms with Crippen LogP contribution < -0.4 is 10.0 Å². The molecule has 1 atom stereocenters. The molecule has 0 aliphatic carbocycles. The average Bonchev–Trinajstić information content (AvgIpc) is 2.73. The molecule has 0 saturated carbocycles. The SMILES string of the molecule is CCc1ccccc1NC(=O)C(Cc1ccccc1)NS(=O)(=O)c1c(C)cc(C)cc1C. The van der Waals surface area contributed by atoms with E-state index in [1.165, 1.54) is 0 Å². The highest BCUT2D eigenvalue weighted by Crippen LogP contribution is 2.23. The molecule has 32 heavy (non-hydrogen) atoms. The largest absolute Gasteiger partial charge is 0.324 e. The number of benzene rings is 3. The van der Waals surface area contributed by atoms with Gasteiger partial charge in [-0.3, -0.25) is 4.79 Å². The molecule has 1 unspecified atom stereocenters. The minimum Gasteiger partial charge on any atom is -0.324 e. The summed E-state index contributed by atoms with van der Waals surface area (Å²) in [6.07, 6.45) is 0.997. The fraction of sp³-hybridized carbons (Fsp3) is 0.269. The van der Waals surface area contributed by atoms with Gasteiger partial charge in [0.05, 0.1) is 4.90 Å². The van der Waals surface area contributed by atoms with Gasteiger partial charge in [-0.1, -0.05) is 73.2 Å². The van der Waals surface area contributed by atoms with Gasteiger partial charge >= 0.3 is 0 Å². The molecule has 0 bridgehead atoms. The van der Waals surface area contributed by atoms with Gasteiger partial charge in [-0.2, -0.15) is 4.72 Å². The molecular formula is C26H30N2O3S. The molecule has 5 nitrogen and oxygen atoms in total. The number of rotatable bonds is 8. The third kappa shape index (κ3) is 5.64. The van der Waals surface area contributed by atoms with Crippen molar-refractivity contribution in [2.45, 2.75) is 51.5 Å². The van der Waals surface area contributed by atoms with Crippen LogP contribution in [-0.4, -0.2) is 20.4 Å². The van der Waals surface area contributed by atoms with E-state index < -0.39 is 16.1 Å². The Hall–Kier alpha value is -2.96. The Kier molecular flexibility index (Phi) is 7.48. The quantitative estimate of drug-likeness (QED) is 0.522. The van der Waals surface area contributed by atoms with E-state index in [-0.39, 0.29) is 17.2 Å². The van der Waals surface area contributed by atoms with Crippen molar-refractivity contribution in [2.75, 3.05) is 5.32 Å². The maximum atomic E-state index is 13.4. The summed E-state index contributed by atoms with van der Waals surface area (Å²) in [6, 6.07) is 19.7. The van der Waals surface area contributed by atoms with Gasteiger partial charge in [0.15, 0.2) is 0 Å². The van der Waals surface area contributed by atoms with Crippen LogP contribution in [0.15, 0.2) is 71.6 Å². The molecule has 3 aromatic carbocycles. The molecule has 0 heterocycles. The standard InChI is InChI=1S/C26H30N2O3S/c1-5-22-13-9-10-14-23(22)27-26(29)24(17-21-11-7-6-8-12-21)28-32(30,31)25-19(3)15-18(2)16-20(25)4/h6-16,24,28H,5,17H2,1-4H3,(H,27,29). The maximum Gasteiger partial charge on any atom is 0.242 e. The summed E-state index contributed by atoms with van der Waals surface area (Å²) in [5.41, 5.74) is 4.87. The number of anilines is 1. The molecule has 0 aliphatic rings. The summed E-state index contributed by atoms with van der Waals surface area (Å²) < 4.78 is 29.4. The molecule has 3 aromatic rings. The summed E-state index contributed by atoms with van der Waals surface area (Å²) in [5, 5.41) is 2.93. The number of hydrogen-bond acceptors (Lipinski definition) is 3. The highest BCUT2D eigenvalue weighted by molar-refractivity contribution is 7.89. The lowest BCUT2D eigenvalue weighted by atomic mass is 10.1. The summed E-state index contributed by atoms with van der Waals surface area (Å²) in [6.45, 7) is 7.50. The first-order chi connectivity index (χ1) is 15.2. The minimum absolute atomic E-state index is 0.225.